The van der Waals surface area contributed by atoms with E-state index in [0.717, 1.165) is 16.9 Å². The summed E-state index contributed by atoms with van der Waals surface area (Å²) < 4.78 is 1.73. The van der Waals surface area contributed by atoms with Crippen LogP contribution in [-0.4, -0.2) is 20.6 Å². The van der Waals surface area contributed by atoms with E-state index in [0.29, 0.717) is 0 Å². The van der Waals surface area contributed by atoms with E-state index in [1.807, 2.05) is 31.2 Å². The van der Waals surface area contributed by atoms with E-state index in [-0.39, 0.29) is 0 Å². The van der Waals surface area contributed by atoms with Crippen molar-refractivity contribution in [2.45, 2.75) is 19.9 Å². The summed E-state index contributed by atoms with van der Waals surface area (Å²) >= 11 is 0. The Labute approximate surface area is 87.2 Å². The minimum atomic E-state index is -0.846. The average molecular weight is 204 g/mol. The number of para-hydroxylation sites is 2. The van der Waals surface area contributed by atoms with E-state index in [1.165, 1.54) is 0 Å². The van der Waals surface area contributed by atoms with Crippen LogP contribution in [-0.2, 0) is 4.79 Å². The molecular formula is C11H12N2O2. The zero-order valence-corrected chi connectivity index (χ0v) is 8.64. The number of carboxylic acids is 1. The molecule has 15 heavy (non-hydrogen) atoms. The number of nitrogens with zero attached hydrogens (tertiary/aromatic N) is 2. The number of hydrogen-bond acceptors (Lipinski definition) is 2. The second-order valence-electron chi connectivity index (χ2n) is 3.53. The van der Waals surface area contributed by atoms with Gasteiger partial charge in [-0.2, -0.15) is 0 Å². The summed E-state index contributed by atoms with van der Waals surface area (Å²) in [6.07, 6.45) is 0. The first-order valence-corrected chi connectivity index (χ1v) is 4.77. The van der Waals surface area contributed by atoms with Crippen LogP contribution in [0.2, 0.25) is 0 Å². The molecule has 1 atom stereocenters. The van der Waals surface area contributed by atoms with Crippen molar-refractivity contribution in [2.75, 3.05) is 0 Å². The first-order valence-electron chi connectivity index (χ1n) is 4.77. The number of fused-ring (bicyclic) bond motifs is 1. The van der Waals surface area contributed by atoms with Crippen molar-refractivity contribution in [3.05, 3.63) is 30.1 Å². The van der Waals surface area contributed by atoms with Gasteiger partial charge in [0.05, 0.1) is 11.0 Å². The Hall–Kier alpha value is -1.84. The minimum Gasteiger partial charge on any atom is -0.480 e. The van der Waals surface area contributed by atoms with Gasteiger partial charge >= 0.3 is 5.97 Å². The molecule has 0 saturated carbocycles. The molecule has 0 saturated heterocycles. The molecule has 0 aliphatic rings. The van der Waals surface area contributed by atoms with Gasteiger partial charge in [-0.15, -0.1) is 0 Å². The molecule has 78 valence electrons. The molecule has 1 N–H and O–H groups in total. The minimum absolute atomic E-state index is 0.586. The topological polar surface area (TPSA) is 55.1 Å². The van der Waals surface area contributed by atoms with Crippen LogP contribution < -0.4 is 0 Å². The zero-order chi connectivity index (χ0) is 11.0. The van der Waals surface area contributed by atoms with E-state index in [4.69, 9.17) is 5.11 Å². The molecule has 1 aromatic heterocycles. The molecule has 0 amide bonds. The molecule has 2 rings (SSSR count). The summed E-state index contributed by atoms with van der Waals surface area (Å²) in [7, 11) is 0. The number of aliphatic carboxylic acids is 1. The van der Waals surface area contributed by atoms with Crippen molar-refractivity contribution < 1.29 is 9.90 Å². The van der Waals surface area contributed by atoms with Crippen molar-refractivity contribution in [2.24, 2.45) is 0 Å². The number of carboxylic acid groups (broad SMARTS) is 1. The molecule has 0 aliphatic carbocycles. The molecule has 0 radical (unpaired) electrons. The quantitative estimate of drug-likeness (QED) is 0.813. The second-order valence-corrected chi connectivity index (χ2v) is 3.53. The van der Waals surface area contributed by atoms with E-state index < -0.39 is 12.0 Å². The Morgan fingerprint density at radius 1 is 1.47 bits per heavy atom. The SMILES string of the molecule is Cc1nc2ccccc2n1[C@@H](C)C(=O)O. The molecule has 4 heteroatoms. The summed E-state index contributed by atoms with van der Waals surface area (Å²) in [5, 5.41) is 8.99. The number of hydrogen-bond donors (Lipinski definition) is 1. The summed E-state index contributed by atoms with van der Waals surface area (Å²) in [4.78, 5) is 15.3. The van der Waals surface area contributed by atoms with Crippen molar-refractivity contribution in [3.63, 3.8) is 0 Å². The monoisotopic (exact) mass is 204 g/mol. The van der Waals surface area contributed by atoms with Crippen LogP contribution in [0.25, 0.3) is 11.0 Å². The molecule has 0 bridgehead atoms. The third kappa shape index (κ3) is 1.48. The van der Waals surface area contributed by atoms with Crippen LogP contribution in [0, 0.1) is 6.92 Å². The molecule has 0 aliphatic heterocycles. The number of aromatic nitrogens is 2. The predicted octanol–water partition coefficient (Wildman–Crippen LogP) is 1.99. The summed E-state index contributed by atoms with van der Waals surface area (Å²) in [6, 6.07) is 6.96. The molecule has 0 spiro atoms. The number of rotatable bonds is 2. The molecule has 2 aromatic rings. The van der Waals surface area contributed by atoms with Gasteiger partial charge in [-0.25, -0.2) is 9.78 Å². The third-order valence-corrected chi connectivity index (χ3v) is 2.52. The fraction of sp³-hybridized carbons (Fsp3) is 0.273. The Kier molecular flexibility index (Phi) is 2.19. The Morgan fingerprint density at radius 3 is 2.80 bits per heavy atom. The first-order chi connectivity index (χ1) is 7.11. The summed E-state index contributed by atoms with van der Waals surface area (Å²) in [5.74, 6) is -0.118. The Bertz CT molecular complexity index is 516. The first kappa shape index (κ1) is 9.71. The average Bonchev–Trinajstić information content (AvgIpc) is 2.52. The van der Waals surface area contributed by atoms with Crippen LogP contribution in [0.4, 0.5) is 0 Å². The van der Waals surface area contributed by atoms with Gasteiger partial charge in [0.25, 0.3) is 0 Å². The molecule has 0 fully saturated rings. The molecule has 1 heterocycles. The fourth-order valence-electron chi connectivity index (χ4n) is 1.76. The summed E-state index contributed by atoms with van der Waals surface area (Å²) in [5.41, 5.74) is 1.70. The lowest BCUT2D eigenvalue weighted by Gasteiger charge is -2.11. The number of imidazole rings is 1. The van der Waals surface area contributed by atoms with E-state index in [2.05, 4.69) is 4.98 Å². The van der Waals surface area contributed by atoms with Gasteiger partial charge in [-0.05, 0) is 26.0 Å². The Balaban J connectivity index is 2.68. The number of benzene rings is 1. The molecule has 0 unspecified atom stereocenters. The van der Waals surface area contributed by atoms with Crippen LogP contribution in [0.5, 0.6) is 0 Å². The van der Waals surface area contributed by atoms with Gasteiger partial charge in [0.2, 0.25) is 0 Å². The normalized spacial score (nSPS) is 12.9. The predicted molar refractivity (Wildman–Crippen MR) is 56.8 cm³/mol. The lowest BCUT2D eigenvalue weighted by molar-refractivity contribution is -0.140. The maximum Gasteiger partial charge on any atom is 0.326 e. The van der Waals surface area contributed by atoms with Crippen LogP contribution in [0.1, 0.15) is 18.8 Å². The second kappa shape index (κ2) is 3.38. The maximum absolute atomic E-state index is 10.9. The van der Waals surface area contributed by atoms with E-state index in [9.17, 15) is 4.79 Å². The number of aryl methyl sites for hydroxylation is 1. The highest BCUT2D eigenvalue weighted by molar-refractivity contribution is 5.80. The standard InChI is InChI=1S/C11H12N2O2/c1-7(11(14)15)13-8(2)12-9-5-3-4-6-10(9)13/h3-7H,1-2H3,(H,14,15)/t7-/m0/s1. The fourth-order valence-corrected chi connectivity index (χ4v) is 1.76. The van der Waals surface area contributed by atoms with Crippen LogP contribution in [0.15, 0.2) is 24.3 Å². The summed E-state index contributed by atoms with van der Waals surface area (Å²) in [6.45, 7) is 3.48. The van der Waals surface area contributed by atoms with Gasteiger partial charge in [0.15, 0.2) is 0 Å². The highest BCUT2D eigenvalue weighted by Gasteiger charge is 2.18. The highest BCUT2D eigenvalue weighted by atomic mass is 16.4. The van der Waals surface area contributed by atoms with Crippen molar-refractivity contribution >= 4 is 17.0 Å². The lowest BCUT2D eigenvalue weighted by atomic mass is 10.3. The van der Waals surface area contributed by atoms with Gasteiger partial charge in [-0.3, -0.25) is 0 Å². The molecule has 1 aromatic carbocycles. The number of carbonyl (C=O) groups is 1. The zero-order valence-electron chi connectivity index (χ0n) is 8.64. The van der Waals surface area contributed by atoms with Gasteiger partial charge in [-0.1, -0.05) is 12.1 Å². The smallest absolute Gasteiger partial charge is 0.326 e. The largest absolute Gasteiger partial charge is 0.480 e. The van der Waals surface area contributed by atoms with Crippen molar-refractivity contribution in [1.29, 1.82) is 0 Å². The molecule has 4 nitrogen and oxygen atoms in total. The van der Waals surface area contributed by atoms with Crippen LogP contribution >= 0.6 is 0 Å². The molecular weight excluding hydrogens is 192 g/mol. The Morgan fingerprint density at radius 2 is 2.13 bits per heavy atom. The highest BCUT2D eigenvalue weighted by Crippen LogP contribution is 2.20. The third-order valence-electron chi connectivity index (χ3n) is 2.52. The van der Waals surface area contributed by atoms with Gasteiger partial charge in [0.1, 0.15) is 11.9 Å². The van der Waals surface area contributed by atoms with Crippen molar-refractivity contribution in [3.8, 4) is 0 Å². The van der Waals surface area contributed by atoms with E-state index >= 15 is 0 Å². The van der Waals surface area contributed by atoms with Crippen LogP contribution in [0.3, 0.4) is 0 Å². The van der Waals surface area contributed by atoms with Crippen molar-refractivity contribution in [1.82, 2.24) is 9.55 Å². The lowest BCUT2D eigenvalue weighted by Crippen LogP contribution is -2.16. The van der Waals surface area contributed by atoms with Gasteiger partial charge in [0, 0.05) is 0 Å². The van der Waals surface area contributed by atoms with E-state index in [1.54, 1.807) is 11.5 Å². The maximum atomic E-state index is 10.9. The van der Waals surface area contributed by atoms with Gasteiger partial charge < -0.3 is 9.67 Å².